The average Bonchev–Trinajstić information content (AvgIpc) is 2.88. The van der Waals surface area contributed by atoms with Crippen LogP contribution in [-0.4, -0.2) is 30.7 Å². The first-order valence-electron chi connectivity index (χ1n) is 6.28. The Morgan fingerprint density at radius 2 is 2.06 bits per heavy atom. The van der Waals surface area contributed by atoms with Gasteiger partial charge in [0.2, 0.25) is 5.91 Å². The third-order valence-corrected chi connectivity index (χ3v) is 4.12. The number of rotatable bonds is 4. The molecule has 1 amide bonds. The van der Waals surface area contributed by atoms with E-state index in [1.165, 1.54) is 12.8 Å². The maximum absolute atomic E-state index is 11.7. The zero-order valence-electron chi connectivity index (χ0n) is 10.00. The standard InChI is InChI=1S/C12H22N2O2/c1-12(11(13)15,9-6-7-16-8-9)14-10-4-2-3-5-10/h9-10,14H,2-8H2,1H3,(H2,13,15). The van der Waals surface area contributed by atoms with E-state index >= 15 is 0 Å². The van der Waals surface area contributed by atoms with E-state index in [0.29, 0.717) is 12.6 Å². The molecule has 1 aliphatic heterocycles. The lowest BCUT2D eigenvalue weighted by molar-refractivity contribution is -0.126. The molecule has 1 aliphatic carbocycles. The second kappa shape index (κ2) is 4.72. The molecular weight excluding hydrogens is 204 g/mol. The van der Waals surface area contributed by atoms with Crippen molar-refractivity contribution in [1.82, 2.24) is 5.32 Å². The lowest BCUT2D eigenvalue weighted by atomic mass is 9.83. The predicted molar refractivity (Wildman–Crippen MR) is 61.9 cm³/mol. The summed E-state index contributed by atoms with van der Waals surface area (Å²) >= 11 is 0. The molecule has 0 aromatic rings. The molecule has 3 N–H and O–H groups in total. The molecule has 4 nitrogen and oxygen atoms in total. The maximum atomic E-state index is 11.7. The second-order valence-corrected chi connectivity index (χ2v) is 5.25. The van der Waals surface area contributed by atoms with E-state index < -0.39 is 5.54 Å². The summed E-state index contributed by atoms with van der Waals surface area (Å²) in [5.74, 6) is -0.0134. The van der Waals surface area contributed by atoms with Crippen molar-refractivity contribution in [3.8, 4) is 0 Å². The summed E-state index contributed by atoms with van der Waals surface area (Å²) in [4.78, 5) is 11.7. The fourth-order valence-electron chi connectivity index (χ4n) is 2.87. The van der Waals surface area contributed by atoms with Crippen LogP contribution in [0, 0.1) is 5.92 Å². The van der Waals surface area contributed by atoms with E-state index in [9.17, 15) is 4.79 Å². The highest BCUT2D eigenvalue weighted by molar-refractivity contribution is 5.84. The summed E-state index contributed by atoms with van der Waals surface area (Å²) in [7, 11) is 0. The Morgan fingerprint density at radius 1 is 1.38 bits per heavy atom. The Balaban J connectivity index is 2.04. The number of primary amides is 1. The molecule has 92 valence electrons. The number of nitrogens with two attached hydrogens (primary N) is 1. The maximum Gasteiger partial charge on any atom is 0.237 e. The topological polar surface area (TPSA) is 64.3 Å². The molecular formula is C12H22N2O2. The largest absolute Gasteiger partial charge is 0.381 e. The van der Waals surface area contributed by atoms with Crippen LogP contribution in [0.1, 0.15) is 39.0 Å². The highest BCUT2D eigenvalue weighted by atomic mass is 16.5. The van der Waals surface area contributed by atoms with Crippen molar-refractivity contribution < 1.29 is 9.53 Å². The van der Waals surface area contributed by atoms with Crippen molar-refractivity contribution in [2.24, 2.45) is 11.7 Å². The van der Waals surface area contributed by atoms with Crippen LogP contribution >= 0.6 is 0 Å². The van der Waals surface area contributed by atoms with Crippen molar-refractivity contribution in [3.05, 3.63) is 0 Å². The molecule has 2 fully saturated rings. The van der Waals surface area contributed by atoms with Crippen molar-refractivity contribution >= 4 is 5.91 Å². The van der Waals surface area contributed by atoms with Crippen LogP contribution in [0.4, 0.5) is 0 Å². The lowest BCUT2D eigenvalue weighted by Gasteiger charge is -2.35. The zero-order chi connectivity index (χ0) is 11.6. The molecule has 2 rings (SSSR count). The minimum Gasteiger partial charge on any atom is -0.381 e. The van der Waals surface area contributed by atoms with Crippen LogP contribution in [-0.2, 0) is 9.53 Å². The Morgan fingerprint density at radius 3 is 2.56 bits per heavy atom. The van der Waals surface area contributed by atoms with E-state index in [-0.39, 0.29) is 11.8 Å². The van der Waals surface area contributed by atoms with Crippen LogP contribution in [0.5, 0.6) is 0 Å². The predicted octanol–water partition coefficient (Wildman–Crippen LogP) is 0.799. The fraction of sp³-hybridized carbons (Fsp3) is 0.917. The first kappa shape index (κ1) is 11.9. The quantitative estimate of drug-likeness (QED) is 0.745. The summed E-state index contributed by atoms with van der Waals surface area (Å²) in [5.41, 5.74) is 4.98. The van der Waals surface area contributed by atoms with Crippen molar-refractivity contribution in [2.75, 3.05) is 13.2 Å². The van der Waals surface area contributed by atoms with Crippen LogP contribution in [0.3, 0.4) is 0 Å². The minimum absolute atomic E-state index is 0.227. The van der Waals surface area contributed by atoms with Gasteiger partial charge >= 0.3 is 0 Å². The van der Waals surface area contributed by atoms with E-state index in [0.717, 1.165) is 25.9 Å². The van der Waals surface area contributed by atoms with Gasteiger partial charge in [-0.05, 0) is 26.2 Å². The molecule has 0 bridgehead atoms. The average molecular weight is 226 g/mol. The number of hydrogen-bond acceptors (Lipinski definition) is 3. The number of ether oxygens (including phenoxy) is 1. The van der Waals surface area contributed by atoms with Crippen molar-refractivity contribution in [3.63, 3.8) is 0 Å². The van der Waals surface area contributed by atoms with Crippen LogP contribution in [0.25, 0.3) is 0 Å². The van der Waals surface area contributed by atoms with E-state index in [4.69, 9.17) is 10.5 Å². The first-order chi connectivity index (χ1) is 7.63. The molecule has 0 radical (unpaired) electrons. The van der Waals surface area contributed by atoms with E-state index in [2.05, 4.69) is 5.32 Å². The number of carbonyl (C=O) groups excluding carboxylic acids is 1. The van der Waals surface area contributed by atoms with Crippen molar-refractivity contribution in [2.45, 2.75) is 50.6 Å². The third-order valence-electron chi connectivity index (χ3n) is 4.12. The zero-order valence-corrected chi connectivity index (χ0v) is 10.00. The van der Waals surface area contributed by atoms with E-state index in [1.807, 2.05) is 6.92 Å². The summed E-state index contributed by atoms with van der Waals surface area (Å²) in [6.07, 6.45) is 5.77. The van der Waals surface area contributed by atoms with Gasteiger partial charge in [0.15, 0.2) is 0 Å². The molecule has 1 saturated heterocycles. The Hall–Kier alpha value is -0.610. The summed E-state index contributed by atoms with van der Waals surface area (Å²) in [6.45, 7) is 3.34. The number of nitrogens with one attached hydrogen (secondary N) is 1. The molecule has 16 heavy (non-hydrogen) atoms. The van der Waals surface area contributed by atoms with Gasteiger partial charge in [-0.1, -0.05) is 12.8 Å². The first-order valence-corrected chi connectivity index (χ1v) is 6.28. The van der Waals surface area contributed by atoms with Crippen LogP contribution in [0.2, 0.25) is 0 Å². The molecule has 1 heterocycles. The van der Waals surface area contributed by atoms with Gasteiger partial charge in [-0.25, -0.2) is 0 Å². The molecule has 0 aromatic heterocycles. The number of hydrogen-bond donors (Lipinski definition) is 2. The molecule has 0 spiro atoms. The van der Waals surface area contributed by atoms with Crippen LogP contribution < -0.4 is 11.1 Å². The van der Waals surface area contributed by atoms with Gasteiger partial charge in [0.05, 0.1) is 6.61 Å². The lowest BCUT2D eigenvalue weighted by Crippen LogP contribution is -2.60. The van der Waals surface area contributed by atoms with Gasteiger partial charge in [0.25, 0.3) is 0 Å². The minimum atomic E-state index is -0.592. The van der Waals surface area contributed by atoms with Crippen LogP contribution in [0.15, 0.2) is 0 Å². The van der Waals surface area contributed by atoms with Gasteiger partial charge in [0.1, 0.15) is 5.54 Å². The van der Waals surface area contributed by atoms with Crippen molar-refractivity contribution in [1.29, 1.82) is 0 Å². The third kappa shape index (κ3) is 2.23. The van der Waals surface area contributed by atoms with Gasteiger partial charge in [-0.2, -0.15) is 0 Å². The fourth-order valence-corrected chi connectivity index (χ4v) is 2.87. The summed E-state index contributed by atoms with van der Waals surface area (Å²) in [6, 6.07) is 0.457. The van der Waals surface area contributed by atoms with Gasteiger partial charge in [-0.3, -0.25) is 4.79 Å². The molecule has 0 aromatic carbocycles. The molecule has 4 heteroatoms. The summed E-state index contributed by atoms with van der Waals surface area (Å²) in [5, 5.41) is 3.48. The normalized spacial score (nSPS) is 30.4. The number of carbonyl (C=O) groups is 1. The molecule has 2 aliphatic rings. The van der Waals surface area contributed by atoms with E-state index in [1.54, 1.807) is 0 Å². The second-order valence-electron chi connectivity index (χ2n) is 5.25. The number of amides is 1. The monoisotopic (exact) mass is 226 g/mol. The van der Waals surface area contributed by atoms with Gasteiger partial charge < -0.3 is 15.8 Å². The molecule has 1 saturated carbocycles. The Bertz CT molecular complexity index is 258. The Kier molecular flexibility index (Phi) is 3.50. The highest BCUT2D eigenvalue weighted by Crippen LogP contribution is 2.29. The molecule has 2 unspecified atom stereocenters. The van der Waals surface area contributed by atoms with Gasteiger partial charge in [-0.15, -0.1) is 0 Å². The Labute approximate surface area is 96.9 Å². The van der Waals surface area contributed by atoms with Gasteiger partial charge in [0, 0.05) is 18.6 Å². The SMILES string of the molecule is CC(NC1CCCC1)(C(N)=O)C1CCOC1. The highest BCUT2D eigenvalue weighted by Gasteiger charge is 2.43. The smallest absolute Gasteiger partial charge is 0.237 e. The molecule has 2 atom stereocenters. The summed E-state index contributed by atoms with van der Waals surface area (Å²) < 4.78 is 5.37.